The van der Waals surface area contributed by atoms with E-state index in [9.17, 15) is 19.2 Å². The minimum atomic E-state index is -1.10. The average molecular weight is 607 g/mol. The highest BCUT2D eigenvalue weighted by Gasteiger charge is 2.47. The molecule has 2 amide bonds. The van der Waals surface area contributed by atoms with Crippen LogP contribution in [0.1, 0.15) is 57.3 Å². The predicted octanol–water partition coefficient (Wildman–Crippen LogP) is 3.83. The molecule has 0 spiro atoms. The molecule has 2 N–H and O–H groups in total. The lowest BCUT2D eigenvalue weighted by Gasteiger charge is -2.26. The number of rotatable bonds is 8. The minimum absolute atomic E-state index is 0.0223. The monoisotopic (exact) mass is 606 g/mol. The lowest BCUT2D eigenvalue weighted by atomic mass is 9.93. The third kappa shape index (κ3) is 9.41. The summed E-state index contributed by atoms with van der Waals surface area (Å²) in [5.74, 6) is -1.67. The fourth-order valence-electron chi connectivity index (χ4n) is 5.23. The van der Waals surface area contributed by atoms with Crippen LogP contribution < -0.4 is 15.4 Å². The zero-order valence-corrected chi connectivity index (χ0v) is 25.7. The second-order valence-electron chi connectivity index (χ2n) is 11.7. The molecule has 6 atom stereocenters. The van der Waals surface area contributed by atoms with E-state index in [2.05, 4.69) is 10.6 Å². The van der Waals surface area contributed by atoms with Gasteiger partial charge in [-0.25, -0.2) is 4.79 Å². The zero-order valence-electron chi connectivity index (χ0n) is 25.7. The molecule has 2 aliphatic heterocycles. The number of ether oxygens (including phenoxy) is 4. The third-order valence-corrected chi connectivity index (χ3v) is 7.75. The largest absolute Gasteiger partial charge is 0.497 e. The smallest absolute Gasteiger partial charge is 0.347 e. The van der Waals surface area contributed by atoms with Gasteiger partial charge in [0.25, 0.3) is 0 Å². The van der Waals surface area contributed by atoms with Crippen LogP contribution in [0.2, 0.25) is 0 Å². The number of methoxy groups -OCH3 is 1. The van der Waals surface area contributed by atoms with E-state index in [1.807, 2.05) is 63.2 Å². The van der Waals surface area contributed by atoms with Crippen molar-refractivity contribution in [2.75, 3.05) is 13.7 Å². The Bertz CT molecular complexity index is 1310. The first-order chi connectivity index (χ1) is 21.1. The van der Waals surface area contributed by atoms with E-state index in [1.54, 1.807) is 25.3 Å². The summed E-state index contributed by atoms with van der Waals surface area (Å²) in [6.07, 6.45) is 1.50. The van der Waals surface area contributed by atoms with Crippen LogP contribution in [0.15, 0.2) is 66.7 Å². The van der Waals surface area contributed by atoms with Crippen molar-refractivity contribution in [2.24, 2.45) is 11.8 Å². The van der Waals surface area contributed by atoms with Gasteiger partial charge in [-0.1, -0.05) is 69.3 Å². The normalized spacial score (nSPS) is 26.5. The highest BCUT2D eigenvalue weighted by atomic mass is 16.6. The van der Waals surface area contributed by atoms with Crippen molar-refractivity contribution in [1.29, 1.82) is 0 Å². The fourth-order valence-corrected chi connectivity index (χ4v) is 5.23. The van der Waals surface area contributed by atoms with Crippen LogP contribution in [0, 0.1) is 11.8 Å². The number of cyclic esters (lactones) is 2. The number of esters is 2. The second-order valence-corrected chi connectivity index (χ2v) is 11.7. The van der Waals surface area contributed by atoms with Crippen LogP contribution in [0.5, 0.6) is 5.75 Å². The Kier molecular flexibility index (Phi) is 11.5. The van der Waals surface area contributed by atoms with Gasteiger partial charge in [0.05, 0.1) is 19.6 Å². The van der Waals surface area contributed by atoms with Crippen LogP contribution in [0.25, 0.3) is 0 Å². The van der Waals surface area contributed by atoms with Crippen molar-refractivity contribution >= 4 is 23.8 Å². The topological polar surface area (TPSA) is 133 Å². The highest BCUT2D eigenvalue weighted by Crippen LogP contribution is 2.45. The molecule has 2 aromatic rings. The SMILES string of the molecule is COc1ccc(C[C@H]2NC(=O)/C=C/C[C@@H]([C@H](C)[C@H]3O[C@H]3c3ccccc3)OC(=O)[C@H](CC(C)C)OC(=O)CCNC2=O)cc1. The Labute approximate surface area is 258 Å². The quantitative estimate of drug-likeness (QED) is 0.342. The minimum Gasteiger partial charge on any atom is -0.497 e. The lowest BCUT2D eigenvalue weighted by molar-refractivity contribution is -0.174. The first kappa shape index (κ1) is 32.7. The van der Waals surface area contributed by atoms with Gasteiger partial charge in [0, 0.05) is 25.3 Å². The van der Waals surface area contributed by atoms with E-state index >= 15 is 0 Å². The summed E-state index contributed by atoms with van der Waals surface area (Å²) in [6.45, 7) is 5.77. The number of amides is 2. The number of benzene rings is 2. The van der Waals surface area contributed by atoms with E-state index in [-0.39, 0.29) is 56.3 Å². The molecule has 2 heterocycles. The van der Waals surface area contributed by atoms with E-state index in [1.165, 1.54) is 6.08 Å². The Morgan fingerprint density at radius 3 is 2.36 bits per heavy atom. The number of hydrogen-bond acceptors (Lipinski definition) is 8. The van der Waals surface area contributed by atoms with Gasteiger partial charge in [-0.3, -0.25) is 14.4 Å². The molecular weight excluding hydrogens is 564 g/mol. The molecule has 10 heteroatoms. The van der Waals surface area contributed by atoms with Crippen LogP contribution in [-0.2, 0) is 39.8 Å². The molecule has 0 unspecified atom stereocenters. The first-order valence-corrected chi connectivity index (χ1v) is 15.1. The van der Waals surface area contributed by atoms with Crippen LogP contribution in [0.4, 0.5) is 0 Å². The third-order valence-electron chi connectivity index (χ3n) is 7.75. The predicted molar refractivity (Wildman–Crippen MR) is 162 cm³/mol. The summed E-state index contributed by atoms with van der Waals surface area (Å²) < 4.78 is 22.7. The maximum Gasteiger partial charge on any atom is 0.347 e. The Balaban J connectivity index is 1.54. The van der Waals surface area contributed by atoms with Crippen molar-refractivity contribution in [1.82, 2.24) is 10.6 Å². The Hall–Kier alpha value is -4.18. The molecule has 236 valence electrons. The summed E-state index contributed by atoms with van der Waals surface area (Å²) in [6, 6.07) is 16.1. The van der Waals surface area contributed by atoms with Crippen molar-refractivity contribution in [3.05, 3.63) is 77.9 Å². The molecule has 4 rings (SSSR count). The molecule has 0 aliphatic carbocycles. The van der Waals surface area contributed by atoms with Crippen LogP contribution in [0.3, 0.4) is 0 Å². The van der Waals surface area contributed by atoms with Crippen molar-refractivity contribution < 1.29 is 38.1 Å². The summed E-state index contributed by atoms with van der Waals surface area (Å²) in [4.78, 5) is 52.2. The first-order valence-electron chi connectivity index (χ1n) is 15.1. The Morgan fingerprint density at radius 2 is 1.68 bits per heavy atom. The van der Waals surface area contributed by atoms with Gasteiger partial charge >= 0.3 is 11.9 Å². The number of hydrogen-bond donors (Lipinski definition) is 2. The van der Waals surface area contributed by atoms with Crippen LogP contribution in [-0.4, -0.2) is 61.8 Å². The van der Waals surface area contributed by atoms with Crippen molar-refractivity contribution in [3.63, 3.8) is 0 Å². The van der Waals surface area contributed by atoms with Crippen molar-refractivity contribution in [3.8, 4) is 5.75 Å². The van der Waals surface area contributed by atoms with Gasteiger partial charge in [0.15, 0.2) is 6.10 Å². The summed E-state index contributed by atoms with van der Waals surface area (Å²) >= 11 is 0. The molecule has 0 radical (unpaired) electrons. The number of epoxide rings is 1. The average Bonchev–Trinajstić information content (AvgIpc) is 3.81. The molecule has 0 bridgehead atoms. The van der Waals surface area contributed by atoms with Gasteiger partial charge in [-0.15, -0.1) is 0 Å². The van der Waals surface area contributed by atoms with Gasteiger partial charge < -0.3 is 29.6 Å². The van der Waals surface area contributed by atoms with E-state index in [4.69, 9.17) is 18.9 Å². The van der Waals surface area contributed by atoms with Gasteiger partial charge in [-0.2, -0.15) is 0 Å². The van der Waals surface area contributed by atoms with Gasteiger partial charge in [0.1, 0.15) is 24.0 Å². The summed E-state index contributed by atoms with van der Waals surface area (Å²) in [7, 11) is 1.57. The fraction of sp³-hybridized carbons (Fsp3) is 0.471. The second kappa shape index (κ2) is 15.5. The summed E-state index contributed by atoms with van der Waals surface area (Å²) in [5.41, 5.74) is 1.85. The highest BCUT2D eigenvalue weighted by molar-refractivity contribution is 5.93. The molecule has 1 fully saturated rings. The molecule has 2 aromatic carbocycles. The van der Waals surface area contributed by atoms with Crippen molar-refractivity contribution in [2.45, 2.75) is 76.9 Å². The lowest BCUT2D eigenvalue weighted by Crippen LogP contribution is -2.48. The maximum atomic E-state index is 13.3. The zero-order chi connectivity index (χ0) is 31.6. The Morgan fingerprint density at radius 1 is 0.955 bits per heavy atom. The van der Waals surface area contributed by atoms with E-state index in [0.717, 1.165) is 11.1 Å². The van der Waals surface area contributed by atoms with Crippen LogP contribution >= 0.6 is 0 Å². The molecule has 0 aromatic heterocycles. The molecule has 1 saturated heterocycles. The molecule has 44 heavy (non-hydrogen) atoms. The molecular formula is C34H42N2O8. The van der Waals surface area contributed by atoms with E-state index in [0.29, 0.717) is 5.75 Å². The molecule has 10 nitrogen and oxygen atoms in total. The van der Waals surface area contributed by atoms with Gasteiger partial charge in [-0.05, 0) is 41.7 Å². The molecule has 2 aliphatic rings. The standard InChI is InChI=1S/C34H42N2O8/c1-21(2)19-28-34(40)43-27(22(3)31-32(44-31)24-9-6-5-7-10-24)11-8-12-29(37)36-26(33(39)35-18-17-30(38)42-28)20-23-13-15-25(41-4)16-14-23/h5-10,12-16,21-22,26-28,31-32H,11,17-20H2,1-4H3,(H,35,39)(H,36,37)/b12-8+/t22-,26+,27-,28-,31+,32-/m0/s1. The molecule has 0 saturated carbocycles. The number of nitrogens with one attached hydrogen (secondary N) is 2. The number of carbonyl (C=O) groups is 4. The summed E-state index contributed by atoms with van der Waals surface area (Å²) in [5, 5.41) is 5.47. The number of carbonyl (C=O) groups excluding carboxylic acids is 4. The maximum absolute atomic E-state index is 13.3. The van der Waals surface area contributed by atoms with Gasteiger partial charge in [0.2, 0.25) is 11.8 Å². The van der Waals surface area contributed by atoms with E-state index < -0.39 is 42.0 Å².